The topological polar surface area (TPSA) is 40.5 Å². The van der Waals surface area contributed by atoms with E-state index in [2.05, 4.69) is 36.1 Å². The summed E-state index contributed by atoms with van der Waals surface area (Å²) >= 11 is 7.87. The van der Waals surface area contributed by atoms with E-state index >= 15 is 0 Å². The largest absolute Gasteiger partial charge is 0.481 e. The molecule has 1 aromatic heterocycles. The second-order valence-electron chi connectivity index (χ2n) is 6.28. The lowest BCUT2D eigenvalue weighted by Crippen LogP contribution is -2.41. The molecular formula is C19H22ClNO2S. The summed E-state index contributed by atoms with van der Waals surface area (Å²) in [4.78, 5) is 16.4. The van der Waals surface area contributed by atoms with Crippen molar-refractivity contribution < 1.29 is 9.90 Å². The highest BCUT2D eigenvalue weighted by molar-refractivity contribution is 7.12. The number of rotatable bonds is 5. The van der Waals surface area contributed by atoms with Crippen LogP contribution >= 0.6 is 22.9 Å². The Morgan fingerprint density at radius 1 is 1.33 bits per heavy atom. The van der Waals surface area contributed by atoms with Gasteiger partial charge in [-0.25, -0.2) is 0 Å². The van der Waals surface area contributed by atoms with Crippen molar-refractivity contribution in [3.05, 3.63) is 56.7 Å². The molecule has 24 heavy (non-hydrogen) atoms. The van der Waals surface area contributed by atoms with Gasteiger partial charge in [-0.1, -0.05) is 30.7 Å². The summed E-state index contributed by atoms with van der Waals surface area (Å²) in [5.74, 6) is -0.964. The molecule has 1 saturated heterocycles. The molecule has 3 rings (SSSR count). The lowest BCUT2D eigenvalue weighted by molar-refractivity contribution is -0.143. The Kier molecular flexibility index (Phi) is 5.59. The van der Waals surface area contributed by atoms with Crippen LogP contribution in [-0.4, -0.2) is 29.1 Å². The lowest BCUT2D eigenvalue weighted by atomic mass is 9.94. The Bertz CT molecular complexity index is 698. The number of hydrogen-bond donors (Lipinski definition) is 1. The molecule has 1 aromatic carbocycles. The highest BCUT2D eigenvalue weighted by Gasteiger charge is 2.31. The van der Waals surface area contributed by atoms with Crippen molar-refractivity contribution in [3.63, 3.8) is 0 Å². The molecule has 3 nitrogen and oxygen atoms in total. The molecular weight excluding hydrogens is 342 g/mol. The summed E-state index contributed by atoms with van der Waals surface area (Å²) in [6.07, 6.45) is 2.71. The highest BCUT2D eigenvalue weighted by atomic mass is 35.5. The molecule has 0 saturated carbocycles. The van der Waals surface area contributed by atoms with E-state index in [4.69, 9.17) is 11.6 Å². The standard InChI is InChI=1S/C19H22ClNO2S/c1-2-16-9-10-17(24-16)18(13-5-7-15(20)8-6-13)21-11-3-4-14(12-21)19(22)23/h5-10,14,18H,2-4,11-12H2,1H3,(H,22,23). The number of carboxylic acid groups (broad SMARTS) is 1. The van der Waals surface area contributed by atoms with Crippen LogP contribution in [0.3, 0.4) is 0 Å². The van der Waals surface area contributed by atoms with Crippen LogP contribution in [0.15, 0.2) is 36.4 Å². The van der Waals surface area contributed by atoms with Gasteiger partial charge in [-0.15, -0.1) is 11.3 Å². The van der Waals surface area contributed by atoms with Crippen molar-refractivity contribution in [1.29, 1.82) is 0 Å². The molecule has 5 heteroatoms. The summed E-state index contributed by atoms with van der Waals surface area (Å²) in [6, 6.07) is 12.4. The Balaban J connectivity index is 1.95. The fourth-order valence-corrected chi connectivity index (χ4v) is 4.62. The van der Waals surface area contributed by atoms with Crippen LogP contribution in [0.4, 0.5) is 0 Å². The molecule has 2 aromatic rings. The fourth-order valence-electron chi connectivity index (χ4n) is 3.37. The average Bonchev–Trinajstić information content (AvgIpc) is 3.06. The first kappa shape index (κ1) is 17.5. The molecule has 1 fully saturated rings. The molecule has 2 atom stereocenters. The van der Waals surface area contributed by atoms with Gasteiger partial charge in [-0.2, -0.15) is 0 Å². The third-order valence-electron chi connectivity index (χ3n) is 4.65. The summed E-state index contributed by atoms with van der Waals surface area (Å²) < 4.78 is 0. The SMILES string of the molecule is CCc1ccc(C(c2ccc(Cl)cc2)N2CCCC(C(=O)O)C2)s1. The molecule has 0 amide bonds. The first-order valence-electron chi connectivity index (χ1n) is 8.39. The number of piperidine rings is 1. The molecule has 0 aliphatic carbocycles. The van der Waals surface area contributed by atoms with E-state index in [1.807, 2.05) is 23.5 Å². The Morgan fingerprint density at radius 2 is 2.08 bits per heavy atom. The van der Waals surface area contributed by atoms with E-state index in [1.54, 1.807) is 0 Å². The van der Waals surface area contributed by atoms with Gasteiger partial charge in [0.15, 0.2) is 0 Å². The third-order valence-corrected chi connectivity index (χ3v) is 6.19. The number of hydrogen-bond acceptors (Lipinski definition) is 3. The predicted octanol–water partition coefficient (Wildman–Crippen LogP) is 4.85. The van der Waals surface area contributed by atoms with Crippen LogP contribution in [0, 0.1) is 5.92 Å². The number of aryl methyl sites for hydroxylation is 1. The van der Waals surface area contributed by atoms with Gasteiger partial charge < -0.3 is 5.11 Å². The first-order chi connectivity index (χ1) is 11.6. The van der Waals surface area contributed by atoms with Crippen LogP contribution < -0.4 is 0 Å². The van der Waals surface area contributed by atoms with E-state index in [0.29, 0.717) is 6.54 Å². The van der Waals surface area contributed by atoms with E-state index in [-0.39, 0.29) is 12.0 Å². The zero-order chi connectivity index (χ0) is 17.1. The van der Waals surface area contributed by atoms with Gasteiger partial charge in [0, 0.05) is 21.3 Å². The molecule has 0 bridgehead atoms. The normalized spacial score (nSPS) is 20.0. The maximum atomic E-state index is 11.4. The van der Waals surface area contributed by atoms with Crippen molar-refractivity contribution in [3.8, 4) is 0 Å². The van der Waals surface area contributed by atoms with E-state index in [1.165, 1.54) is 15.3 Å². The summed E-state index contributed by atoms with van der Waals surface area (Å²) in [5.41, 5.74) is 1.18. The minimum absolute atomic E-state index is 0.106. The molecule has 1 aliphatic rings. The van der Waals surface area contributed by atoms with E-state index in [0.717, 1.165) is 30.8 Å². The molecule has 2 unspecified atom stereocenters. The third kappa shape index (κ3) is 3.82. The quantitative estimate of drug-likeness (QED) is 0.825. The van der Waals surface area contributed by atoms with Crippen LogP contribution in [0.1, 0.15) is 41.1 Å². The number of aliphatic carboxylic acids is 1. The summed E-state index contributed by atoms with van der Waals surface area (Å²) in [5, 5.41) is 10.1. The number of halogens is 1. The molecule has 1 aliphatic heterocycles. The van der Waals surface area contributed by atoms with Crippen LogP contribution in [0.25, 0.3) is 0 Å². The Hall–Kier alpha value is -1.36. The number of likely N-dealkylation sites (tertiary alicyclic amines) is 1. The highest BCUT2D eigenvalue weighted by Crippen LogP contribution is 2.36. The van der Waals surface area contributed by atoms with Crippen molar-refractivity contribution in [2.45, 2.75) is 32.2 Å². The maximum Gasteiger partial charge on any atom is 0.307 e. The van der Waals surface area contributed by atoms with Crippen molar-refractivity contribution in [1.82, 2.24) is 4.90 Å². The maximum absolute atomic E-state index is 11.4. The fraction of sp³-hybridized carbons (Fsp3) is 0.421. The van der Waals surface area contributed by atoms with E-state index in [9.17, 15) is 9.90 Å². The van der Waals surface area contributed by atoms with Crippen LogP contribution in [0.5, 0.6) is 0 Å². The van der Waals surface area contributed by atoms with Gasteiger partial charge in [0.25, 0.3) is 0 Å². The number of carboxylic acids is 1. The van der Waals surface area contributed by atoms with Gasteiger partial charge in [0.2, 0.25) is 0 Å². The second kappa shape index (κ2) is 7.68. The monoisotopic (exact) mass is 363 g/mol. The molecule has 0 radical (unpaired) electrons. The predicted molar refractivity (Wildman–Crippen MR) is 98.9 cm³/mol. The number of benzene rings is 1. The Morgan fingerprint density at radius 3 is 2.71 bits per heavy atom. The van der Waals surface area contributed by atoms with Gasteiger partial charge >= 0.3 is 5.97 Å². The zero-order valence-corrected chi connectivity index (χ0v) is 15.3. The first-order valence-corrected chi connectivity index (χ1v) is 9.59. The van der Waals surface area contributed by atoms with Crippen LogP contribution in [-0.2, 0) is 11.2 Å². The summed E-state index contributed by atoms with van der Waals surface area (Å²) in [7, 11) is 0. The van der Waals surface area contributed by atoms with Gasteiger partial charge in [0.1, 0.15) is 0 Å². The van der Waals surface area contributed by atoms with Gasteiger partial charge in [0.05, 0.1) is 12.0 Å². The van der Waals surface area contributed by atoms with Crippen LogP contribution in [0.2, 0.25) is 5.02 Å². The van der Waals surface area contributed by atoms with Crippen molar-refractivity contribution in [2.75, 3.05) is 13.1 Å². The molecule has 0 spiro atoms. The average molecular weight is 364 g/mol. The zero-order valence-electron chi connectivity index (χ0n) is 13.7. The second-order valence-corrected chi connectivity index (χ2v) is 7.92. The van der Waals surface area contributed by atoms with E-state index < -0.39 is 5.97 Å². The van der Waals surface area contributed by atoms with Gasteiger partial charge in [-0.3, -0.25) is 9.69 Å². The van der Waals surface area contributed by atoms with Crippen molar-refractivity contribution in [2.24, 2.45) is 5.92 Å². The number of thiophene rings is 1. The van der Waals surface area contributed by atoms with Crippen molar-refractivity contribution >= 4 is 28.9 Å². The summed E-state index contributed by atoms with van der Waals surface area (Å²) in [6.45, 7) is 3.69. The molecule has 128 valence electrons. The molecule has 1 N–H and O–H groups in total. The molecule has 2 heterocycles. The van der Waals surface area contributed by atoms with Gasteiger partial charge in [-0.05, 0) is 55.6 Å². The number of carbonyl (C=O) groups is 1. The minimum atomic E-state index is -0.685. The Labute approximate surface area is 151 Å². The smallest absolute Gasteiger partial charge is 0.307 e. The number of nitrogens with zero attached hydrogens (tertiary/aromatic N) is 1. The lowest BCUT2D eigenvalue weighted by Gasteiger charge is -2.37. The minimum Gasteiger partial charge on any atom is -0.481 e.